The number of nitrogens with zero attached hydrogens (tertiary/aromatic N) is 5. The molecule has 1 fully saturated rings. The normalized spacial score (nSPS) is 18.1. The fourth-order valence-corrected chi connectivity index (χ4v) is 6.83. The van der Waals surface area contributed by atoms with Crippen LogP contribution < -0.4 is 15.4 Å². The summed E-state index contributed by atoms with van der Waals surface area (Å²) in [5.41, 5.74) is 5.04. The molecule has 2 aliphatic heterocycles. The number of aryl methyl sites for hydroxylation is 1. The lowest BCUT2D eigenvalue weighted by Crippen LogP contribution is -2.29. The predicted molar refractivity (Wildman–Crippen MR) is 163 cm³/mol. The average molecular weight is 602 g/mol. The van der Waals surface area contributed by atoms with Gasteiger partial charge in [-0.05, 0) is 97.6 Å². The smallest absolute Gasteiger partial charge is 0.229 e. The Labute approximate surface area is 247 Å². The van der Waals surface area contributed by atoms with Gasteiger partial charge in [0, 0.05) is 18.0 Å². The molecule has 0 amide bonds. The van der Waals surface area contributed by atoms with Crippen LogP contribution in [0.4, 0.5) is 23.1 Å². The van der Waals surface area contributed by atoms with Crippen molar-refractivity contribution in [3.8, 4) is 5.75 Å². The molecular weight excluding hydrogens is 562 g/mol. The van der Waals surface area contributed by atoms with Gasteiger partial charge in [0.2, 0.25) is 20.8 Å². The highest BCUT2D eigenvalue weighted by molar-refractivity contribution is 7.92. The molecule has 3 aromatic rings. The van der Waals surface area contributed by atoms with Gasteiger partial charge in [-0.2, -0.15) is 10.1 Å². The molecule has 0 spiro atoms. The van der Waals surface area contributed by atoms with Crippen LogP contribution in [-0.4, -0.2) is 64.6 Å². The maximum atomic E-state index is 13.1. The highest BCUT2D eigenvalue weighted by Crippen LogP contribution is 2.45. The van der Waals surface area contributed by atoms with Gasteiger partial charge in [-0.1, -0.05) is 11.6 Å². The van der Waals surface area contributed by atoms with Gasteiger partial charge in [-0.15, -0.1) is 0 Å². The summed E-state index contributed by atoms with van der Waals surface area (Å²) in [4.78, 5) is 11.4. The third-order valence-electron chi connectivity index (χ3n) is 7.93. The summed E-state index contributed by atoms with van der Waals surface area (Å²) in [5.74, 6) is 1.97. The van der Waals surface area contributed by atoms with E-state index in [2.05, 4.69) is 57.6 Å². The molecule has 0 bridgehead atoms. The Morgan fingerprint density at radius 2 is 1.83 bits per heavy atom. The van der Waals surface area contributed by atoms with Crippen molar-refractivity contribution < 1.29 is 13.2 Å². The van der Waals surface area contributed by atoms with Crippen molar-refractivity contribution in [3.63, 3.8) is 0 Å². The van der Waals surface area contributed by atoms with E-state index >= 15 is 0 Å². The van der Waals surface area contributed by atoms with Crippen LogP contribution in [0.25, 0.3) is 0 Å². The second kappa shape index (κ2) is 11.4. The molecular formula is C29H40ClN7O3S. The summed E-state index contributed by atoms with van der Waals surface area (Å²) < 4.78 is 34.1. The second-order valence-electron chi connectivity index (χ2n) is 11.8. The summed E-state index contributed by atoms with van der Waals surface area (Å²) in [6, 6.07) is 2.09. The first-order valence-corrected chi connectivity index (χ1v) is 16.2. The third-order valence-corrected chi connectivity index (χ3v) is 10.3. The quantitative estimate of drug-likeness (QED) is 0.320. The molecule has 2 N–H and O–H groups in total. The molecule has 0 unspecified atom stereocenters. The zero-order valence-electron chi connectivity index (χ0n) is 24.8. The minimum absolute atomic E-state index is 0.0324. The topological polar surface area (TPSA) is 114 Å². The van der Waals surface area contributed by atoms with Gasteiger partial charge in [0.1, 0.15) is 16.9 Å². The largest absolute Gasteiger partial charge is 0.488 e. The Morgan fingerprint density at radius 1 is 1.12 bits per heavy atom. The van der Waals surface area contributed by atoms with Crippen molar-refractivity contribution in [3.05, 3.63) is 40.2 Å². The highest BCUT2D eigenvalue weighted by atomic mass is 35.5. The molecule has 5 rings (SSSR count). The maximum absolute atomic E-state index is 13.1. The number of aromatic nitrogens is 4. The molecule has 1 atom stereocenters. The van der Waals surface area contributed by atoms with Crippen molar-refractivity contribution in [2.45, 2.75) is 89.1 Å². The number of sulfone groups is 1. The minimum atomic E-state index is -3.66. The fraction of sp³-hybridized carbons (Fsp3) is 0.552. The number of hydrogen-bond acceptors (Lipinski definition) is 9. The van der Waals surface area contributed by atoms with E-state index in [9.17, 15) is 8.42 Å². The number of nitrogens with one attached hydrogen (secondary N) is 2. The van der Waals surface area contributed by atoms with Gasteiger partial charge in [0.05, 0.1) is 29.0 Å². The number of hydrogen-bond donors (Lipinski definition) is 2. The van der Waals surface area contributed by atoms with Crippen LogP contribution in [0.15, 0.2) is 23.5 Å². The highest BCUT2D eigenvalue weighted by Gasteiger charge is 2.32. The fourth-order valence-electron chi connectivity index (χ4n) is 5.63. The molecule has 2 aromatic heterocycles. The zero-order valence-corrected chi connectivity index (χ0v) is 26.4. The van der Waals surface area contributed by atoms with Crippen molar-refractivity contribution >= 4 is 44.6 Å². The van der Waals surface area contributed by atoms with Crippen molar-refractivity contribution in [2.75, 3.05) is 30.8 Å². The number of anilines is 4. The van der Waals surface area contributed by atoms with Crippen molar-refractivity contribution in [1.82, 2.24) is 24.6 Å². The van der Waals surface area contributed by atoms with E-state index in [1.165, 1.54) is 22.9 Å². The summed E-state index contributed by atoms with van der Waals surface area (Å²) in [6.45, 7) is 13.6. The Bertz CT molecular complexity index is 1550. The predicted octanol–water partition coefficient (Wildman–Crippen LogP) is 6.02. The standard InChI is InChI=1S/C29H40ClN7O3S/c1-16(2)37-15-24(28(35-37)41(38,39)17(3)4)32-27-22(30)14-31-29(34-27)33-23-12-18(5)25(20-8-10-36(7)11-9-20)21-13-19(6)40-26(21)23/h12,14-17,19-20H,8-11,13H2,1-7H3,(H2,31,32,33,34)/t19-/m1/s1. The van der Waals surface area contributed by atoms with E-state index in [1.807, 2.05) is 13.8 Å². The Kier molecular flexibility index (Phi) is 8.24. The first-order chi connectivity index (χ1) is 19.3. The zero-order chi connectivity index (χ0) is 29.6. The lowest BCUT2D eigenvalue weighted by Gasteiger charge is -2.31. The first kappa shape index (κ1) is 29.6. The third kappa shape index (κ3) is 5.89. The van der Waals surface area contributed by atoms with E-state index in [0.717, 1.165) is 43.8 Å². The molecule has 10 nitrogen and oxygen atoms in total. The summed E-state index contributed by atoms with van der Waals surface area (Å²) in [5, 5.41) is 10.4. The minimum Gasteiger partial charge on any atom is -0.488 e. The van der Waals surface area contributed by atoms with E-state index < -0.39 is 15.1 Å². The monoisotopic (exact) mass is 601 g/mol. The van der Waals surface area contributed by atoms with Crippen LogP contribution >= 0.6 is 11.6 Å². The molecule has 12 heteroatoms. The summed E-state index contributed by atoms with van der Waals surface area (Å²) in [7, 11) is -1.48. The molecule has 1 aromatic carbocycles. The number of fused-ring (bicyclic) bond motifs is 1. The van der Waals surface area contributed by atoms with Crippen LogP contribution in [0.5, 0.6) is 5.75 Å². The van der Waals surface area contributed by atoms with Crippen LogP contribution in [0.2, 0.25) is 5.02 Å². The van der Waals surface area contributed by atoms with E-state index in [4.69, 9.17) is 16.3 Å². The Hall–Kier alpha value is -2.89. The van der Waals surface area contributed by atoms with Crippen molar-refractivity contribution in [1.29, 1.82) is 0 Å². The second-order valence-corrected chi connectivity index (χ2v) is 14.7. The molecule has 41 heavy (non-hydrogen) atoms. The van der Waals surface area contributed by atoms with Gasteiger partial charge in [-0.3, -0.25) is 4.68 Å². The summed E-state index contributed by atoms with van der Waals surface area (Å²) in [6.07, 6.45) is 6.39. The lowest BCUT2D eigenvalue weighted by molar-refractivity contribution is 0.254. The van der Waals surface area contributed by atoms with Crippen LogP contribution in [-0.2, 0) is 16.3 Å². The molecule has 4 heterocycles. The number of likely N-dealkylation sites (tertiary alicyclic amines) is 1. The lowest BCUT2D eigenvalue weighted by atomic mass is 9.82. The molecule has 1 saturated heterocycles. The van der Waals surface area contributed by atoms with Gasteiger partial charge >= 0.3 is 0 Å². The van der Waals surface area contributed by atoms with Crippen LogP contribution in [0.1, 0.15) is 76.1 Å². The molecule has 0 radical (unpaired) electrons. The molecule has 222 valence electrons. The van der Waals surface area contributed by atoms with Gasteiger partial charge in [0.15, 0.2) is 5.82 Å². The number of ether oxygens (including phenoxy) is 1. The SMILES string of the molecule is Cc1cc(Nc2ncc(Cl)c(Nc3cn(C(C)C)nc3S(=O)(=O)C(C)C)n2)c2c(c1C1CCN(C)CC1)C[C@@H](C)O2. The average Bonchev–Trinajstić information content (AvgIpc) is 3.51. The first-order valence-electron chi connectivity index (χ1n) is 14.3. The maximum Gasteiger partial charge on any atom is 0.229 e. The molecule has 0 aliphatic carbocycles. The van der Waals surface area contributed by atoms with E-state index in [1.54, 1.807) is 24.7 Å². The van der Waals surface area contributed by atoms with E-state index in [-0.39, 0.29) is 28.0 Å². The number of rotatable bonds is 8. The molecule has 2 aliphatic rings. The Balaban J connectivity index is 1.47. The van der Waals surface area contributed by atoms with Gasteiger partial charge in [-0.25, -0.2) is 13.4 Å². The van der Waals surface area contributed by atoms with Crippen LogP contribution in [0, 0.1) is 6.92 Å². The number of halogens is 1. The van der Waals surface area contributed by atoms with Gasteiger partial charge < -0.3 is 20.3 Å². The Morgan fingerprint density at radius 3 is 2.49 bits per heavy atom. The van der Waals surface area contributed by atoms with Gasteiger partial charge in [0.25, 0.3) is 0 Å². The summed E-state index contributed by atoms with van der Waals surface area (Å²) >= 11 is 6.48. The van der Waals surface area contributed by atoms with Crippen LogP contribution in [0.3, 0.4) is 0 Å². The number of benzene rings is 1. The van der Waals surface area contributed by atoms with Crippen molar-refractivity contribution in [2.24, 2.45) is 0 Å². The van der Waals surface area contributed by atoms with E-state index in [0.29, 0.717) is 17.6 Å². The molecule has 0 saturated carbocycles. The number of piperidine rings is 1.